The molecule has 0 amide bonds. The van der Waals surface area contributed by atoms with E-state index in [1.807, 2.05) is 0 Å². The quantitative estimate of drug-likeness (QED) is 0.419. The summed E-state index contributed by atoms with van der Waals surface area (Å²) in [5, 5.41) is 2.65. The van der Waals surface area contributed by atoms with Crippen molar-refractivity contribution in [1.82, 2.24) is 0 Å². The Balaban J connectivity index is 1.99. The van der Waals surface area contributed by atoms with Crippen molar-refractivity contribution < 1.29 is 9.55 Å². The fourth-order valence-electron chi connectivity index (χ4n) is 5.12. The lowest BCUT2D eigenvalue weighted by Gasteiger charge is -2.24. The smallest absolute Gasteiger partial charge is 0.211 e. The molecule has 0 saturated carbocycles. The average Bonchev–Trinajstić information content (AvgIpc) is 2.75. The summed E-state index contributed by atoms with van der Waals surface area (Å²) in [6.07, 6.45) is 6.46. The zero-order valence-corrected chi connectivity index (χ0v) is 17.8. The Morgan fingerprint density at radius 3 is 2.59 bits per heavy atom. The number of fused-ring (bicyclic) bond motifs is 5. The number of hydrogen-bond donors (Lipinski definition) is 0. The van der Waals surface area contributed by atoms with E-state index in [2.05, 4.69) is 92.1 Å². The van der Waals surface area contributed by atoms with Gasteiger partial charge in [-0.05, 0) is 66.5 Å². The highest BCUT2D eigenvalue weighted by Gasteiger charge is 2.33. The summed E-state index contributed by atoms with van der Waals surface area (Å²) in [7, 11) is 0. The second-order valence-electron chi connectivity index (χ2n) is 8.29. The largest absolute Gasteiger partial charge is 0.221 e. The maximum Gasteiger partial charge on any atom is 0.221 e. The Labute approximate surface area is 172 Å². The minimum absolute atomic E-state index is 1.03. The summed E-state index contributed by atoms with van der Waals surface area (Å²) < 4.78 is 2.46. The summed E-state index contributed by atoms with van der Waals surface area (Å²) in [5.41, 5.74) is 12.6. The van der Waals surface area contributed by atoms with E-state index in [-0.39, 0.29) is 0 Å². The molecule has 0 spiro atoms. The average molecular weight is 381 g/mol. The number of aromatic amines is 1. The first kappa shape index (κ1) is 18.1. The van der Waals surface area contributed by atoms with E-state index in [1.165, 1.54) is 61.1 Å². The Morgan fingerprint density at radius 1 is 0.966 bits per heavy atom. The van der Waals surface area contributed by atoms with Crippen molar-refractivity contribution in [1.29, 1.82) is 0 Å². The Bertz CT molecular complexity index is 1270. The number of pyridine rings is 2. The molecule has 29 heavy (non-hydrogen) atoms. The predicted molar refractivity (Wildman–Crippen MR) is 119 cm³/mol. The first-order valence-electron chi connectivity index (χ1n) is 10.6. The summed E-state index contributed by atoms with van der Waals surface area (Å²) >= 11 is 0. The SMILES string of the molecule is CCc1c(C)c(C)c2c(c1-c1cc(C)cc[nH+]1)-c1c3ccccc3cc[n+]1CC2. The molecular formula is C27H28N2+2. The van der Waals surface area contributed by atoms with Crippen molar-refractivity contribution in [3.63, 3.8) is 0 Å². The van der Waals surface area contributed by atoms with Gasteiger partial charge in [-0.15, -0.1) is 0 Å². The van der Waals surface area contributed by atoms with E-state index in [4.69, 9.17) is 0 Å². The van der Waals surface area contributed by atoms with Crippen LogP contribution in [0.2, 0.25) is 0 Å². The molecule has 5 rings (SSSR count). The number of aromatic nitrogens is 2. The number of hydrogen-bond acceptors (Lipinski definition) is 0. The lowest BCUT2D eigenvalue weighted by molar-refractivity contribution is -0.686. The number of nitrogens with one attached hydrogen (secondary N) is 1. The topological polar surface area (TPSA) is 18.0 Å². The Kier molecular flexibility index (Phi) is 4.24. The van der Waals surface area contributed by atoms with Crippen LogP contribution in [-0.4, -0.2) is 0 Å². The second kappa shape index (κ2) is 6.81. The Hall–Kier alpha value is -3.00. The van der Waals surface area contributed by atoms with Crippen molar-refractivity contribution in [2.24, 2.45) is 0 Å². The van der Waals surface area contributed by atoms with Gasteiger partial charge in [0.2, 0.25) is 11.4 Å². The first-order chi connectivity index (χ1) is 14.1. The molecule has 1 N–H and O–H groups in total. The van der Waals surface area contributed by atoms with E-state index >= 15 is 0 Å². The van der Waals surface area contributed by atoms with Gasteiger partial charge in [-0.25, -0.2) is 4.98 Å². The molecule has 4 aromatic rings. The van der Waals surface area contributed by atoms with Crippen molar-refractivity contribution in [3.05, 3.63) is 82.7 Å². The van der Waals surface area contributed by atoms with Gasteiger partial charge >= 0.3 is 0 Å². The summed E-state index contributed by atoms with van der Waals surface area (Å²) in [6, 6.07) is 15.5. The molecule has 0 atom stereocenters. The van der Waals surface area contributed by atoms with Gasteiger partial charge in [0.1, 0.15) is 0 Å². The zero-order valence-electron chi connectivity index (χ0n) is 17.8. The van der Waals surface area contributed by atoms with Crippen LogP contribution in [0.5, 0.6) is 0 Å². The van der Waals surface area contributed by atoms with Gasteiger partial charge in [0.15, 0.2) is 18.9 Å². The fraction of sp³-hybridized carbons (Fsp3) is 0.259. The first-order valence-corrected chi connectivity index (χ1v) is 10.6. The van der Waals surface area contributed by atoms with Crippen LogP contribution in [0.1, 0.15) is 34.7 Å². The van der Waals surface area contributed by atoms with E-state index in [0.717, 1.165) is 19.4 Å². The molecule has 2 aromatic heterocycles. The maximum atomic E-state index is 3.57. The molecule has 144 valence electrons. The summed E-state index contributed by atoms with van der Waals surface area (Å²) in [5.74, 6) is 0. The fourth-order valence-corrected chi connectivity index (χ4v) is 5.12. The number of aryl methyl sites for hydroxylation is 2. The highest BCUT2D eigenvalue weighted by molar-refractivity contribution is 5.99. The summed E-state index contributed by atoms with van der Waals surface area (Å²) in [4.78, 5) is 3.57. The van der Waals surface area contributed by atoms with Crippen LogP contribution in [0.3, 0.4) is 0 Å². The zero-order chi connectivity index (χ0) is 20.1. The van der Waals surface area contributed by atoms with Crippen LogP contribution < -0.4 is 9.55 Å². The van der Waals surface area contributed by atoms with Crippen LogP contribution in [0.15, 0.2) is 54.9 Å². The number of benzene rings is 2. The molecule has 2 nitrogen and oxygen atoms in total. The van der Waals surface area contributed by atoms with Crippen molar-refractivity contribution in [2.75, 3.05) is 0 Å². The number of nitrogens with zero attached hydrogens (tertiary/aromatic N) is 1. The molecule has 0 fully saturated rings. The van der Waals surface area contributed by atoms with E-state index in [9.17, 15) is 0 Å². The number of H-pyrrole nitrogens is 1. The lowest BCUT2D eigenvalue weighted by Crippen LogP contribution is -2.41. The molecule has 1 aliphatic heterocycles. The maximum absolute atomic E-state index is 3.57. The third kappa shape index (κ3) is 2.70. The van der Waals surface area contributed by atoms with Crippen molar-refractivity contribution in [2.45, 2.75) is 47.1 Å². The van der Waals surface area contributed by atoms with Gasteiger partial charge in [-0.2, -0.15) is 4.57 Å². The van der Waals surface area contributed by atoms with Gasteiger partial charge in [-0.3, -0.25) is 0 Å². The molecule has 0 aliphatic carbocycles. The monoisotopic (exact) mass is 380 g/mol. The second-order valence-corrected chi connectivity index (χ2v) is 8.29. The van der Waals surface area contributed by atoms with Gasteiger partial charge in [0, 0.05) is 24.6 Å². The third-order valence-electron chi connectivity index (χ3n) is 6.68. The van der Waals surface area contributed by atoms with E-state index < -0.39 is 0 Å². The van der Waals surface area contributed by atoms with Gasteiger partial charge < -0.3 is 0 Å². The highest BCUT2D eigenvalue weighted by Crippen LogP contribution is 2.43. The summed E-state index contributed by atoms with van der Waals surface area (Å²) in [6.45, 7) is 10.1. The number of rotatable bonds is 2. The van der Waals surface area contributed by atoms with E-state index in [0.29, 0.717) is 0 Å². The van der Waals surface area contributed by atoms with Crippen LogP contribution in [0.4, 0.5) is 0 Å². The molecule has 3 heterocycles. The minimum Gasteiger partial charge on any atom is -0.211 e. The van der Waals surface area contributed by atoms with Gasteiger partial charge in [0.05, 0.1) is 16.5 Å². The molecule has 0 saturated heterocycles. The normalized spacial score (nSPS) is 12.7. The van der Waals surface area contributed by atoms with Gasteiger partial charge in [-0.1, -0.05) is 25.1 Å². The lowest BCUT2D eigenvalue weighted by atomic mass is 9.80. The van der Waals surface area contributed by atoms with Crippen molar-refractivity contribution >= 4 is 10.8 Å². The standard InChI is InChI=1S/C27H27N2/c1-5-21-18(3)19(4)22-12-15-29-14-11-20-8-6-7-9-23(20)27(29)26(22)25(21)24-16-17(2)10-13-28-24/h6-11,13-14,16H,5,12,15H2,1-4H3/q+1/p+1. The van der Waals surface area contributed by atoms with Crippen molar-refractivity contribution in [3.8, 4) is 22.5 Å². The molecule has 2 heteroatoms. The Morgan fingerprint density at radius 2 is 1.79 bits per heavy atom. The molecule has 0 radical (unpaired) electrons. The minimum atomic E-state index is 1.03. The molecule has 0 bridgehead atoms. The predicted octanol–water partition coefficient (Wildman–Crippen LogP) is 5.32. The molecule has 2 aromatic carbocycles. The third-order valence-corrected chi connectivity index (χ3v) is 6.68. The van der Waals surface area contributed by atoms with Crippen LogP contribution in [-0.2, 0) is 19.4 Å². The van der Waals surface area contributed by atoms with Crippen LogP contribution in [0.25, 0.3) is 33.3 Å². The van der Waals surface area contributed by atoms with Crippen LogP contribution >= 0.6 is 0 Å². The van der Waals surface area contributed by atoms with Crippen LogP contribution in [0, 0.1) is 20.8 Å². The molecular weight excluding hydrogens is 352 g/mol. The molecule has 0 unspecified atom stereocenters. The van der Waals surface area contributed by atoms with Gasteiger partial charge in [0.25, 0.3) is 0 Å². The van der Waals surface area contributed by atoms with E-state index in [1.54, 1.807) is 0 Å². The molecule has 1 aliphatic rings. The highest BCUT2D eigenvalue weighted by atomic mass is 15.0.